The van der Waals surface area contributed by atoms with Crippen molar-refractivity contribution in [2.24, 2.45) is 0 Å². The second kappa shape index (κ2) is 3.33. The predicted octanol–water partition coefficient (Wildman–Crippen LogP) is 3.90. The highest BCUT2D eigenvalue weighted by molar-refractivity contribution is 14.1. The Kier molecular flexibility index (Phi) is 2.32. The van der Waals surface area contributed by atoms with Crippen LogP contribution in [0.25, 0.3) is 10.9 Å². The zero-order chi connectivity index (χ0) is 9.42. The lowest BCUT2D eigenvalue weighted by Gasteiger charge is -1.97. The van der Waals surface area contributed by atoms with Gasteiger partial charge in [0.15, 0.2) is 0 Å². The molecule has 1 heterocycles. The second-order valence-electron chi connectivity index (χ2n) is 3.61. The molecule has 1 aromatic heterocycles. The van der Waals surface area contributed by atoms with Crippen LogP contribution in [0.1, 0.15) is 25.5 Å². The van der Waals surface area contributed by atoms with E-state index in [2.05, 4.69) is 65.7 Å². The van der Waals surface area contributed by atoms with Crippen molar-refractivity contribution in [2.75, 3.05) is 0 Å². The summed E-state index contributed by atoms with van der Waals surface area (Å²) in [7, 11) is 0. The summed E-state index contributed by atoms with van der Waals surface area (Å²) in [6.45, 7) is 4.41. The van der Waals surface area contributed by atoms with Gasteiger partial charge < -0.3 is 4.98 Å². The average molecular weight is 285 g/mol. The zero-order valence-corrected chi connectivity index (χ0v) is 9.92. The van der Waals surface area contributed by atoms with Crippen LogP contribution in [0.4, 0.5) is 0 Å². The standard InChI is InChI=1S/C11H12IN/c1-7(2)11-6-8-5-9(12)3-4-10(8)13-11/h3-7,13H,1-2H3. The molecule has 0 spiro atoms. The van der Waals surface area contributed by atoms with Crippen LogP contribution in [0.3, 0.4) is 0 Å². The van der Waals surface area contributed by atoms with E-state index in [9.17, 15) is 0 Å². The number of halogens is 1. The summed E-state index contributed by atoms with van der Waals surface area (Å²) in [6.07, 6.45) is 0. The fourth-order valence-corrected chi connectivity index (χ4v) is 1.95. The van der Waals surface area contributed by atoms with Gasteiger partial charge in [-0.3, -0.25) is 0 Å². The molecule has 0 atom stereocenters. The van der Waals surface area contributed by atoms with E-state index in [-0.39, 0.29) is 0 Å². The van der Waals surface area contributed by atoms with Crippen LogP contribution in [0.15, 0.2) is 24.3 Å². The van der Waals surface area contributed by atoms with Crippen molar-refractivity contribution in [3.63, 3.8) is 0 Å². The van der Waals surface area contributed by atoms with Crippen molar-refractivity contribution in [1.82, 2.24) is 4.98 Å². The van der Waals surface area contributed by atoms with Crippen molar-refractivity contribution in [3.8, 4) is 0 Å². The van der Waals surface area contributed by atoms with Gasteiger partial charge >= 0.3 is 0 Å². The molecule has 1 aromatic carbocycles. The lowest BCUT2D eigenvalue weighted by molar-refractivity contribution is 0.836. The van der Waals surface area contributed by atoms with E-state index in [1.807, 2.05) is 0 Å². The molecule has 0 fully saturated rings. The lowest BCUT2D eigenvalue weighted by Crippen LogP contribution is -1.84. The second-order valence-corrected chi connectivity index (χ2v) is 4.86. The molecule has 0 aliphatic heterocycles. The highest BCUT2D eigenvalue weighted by atomic mass is 127. The van der Waals surface area contributed by atoms with E-state index in [0.717, 1.165) is 0 Å². The van der Waals surface area contributed by atoms with Crippen LogP contribution < -0.4 is 0 Å². The Labute approximate surface area is 91.7 Å². The van der Waals surface area contributed by atoms with Crippen LogP contribution in [-0.4, -0.2) is 4.98 Å². The molecule has 2 heteroatoms. The molecular weight excluding hydrogens is 273 g/mol. The van der Waals surface area contributed by atoms with Crippen molar-refractivity contribution >= 4 is 33.5 Å². The number of aromatic amines is 1. The largest absolute Gasteiger partial charge is 0.358 e. The monoisotopic (exact) mass is 285 g/mol. The number of rotatable bonds is 1. The Hall–Kier alpha value is -0.510. The minimum absolute atomic E-state index is 0.574. The highest BCUT2D eigenvalue weighted by Gasteiger charge is 2.03. The fraction of sp³-hybridized carbons (Fsp3) is 0.273. The summed E-state index contributed by atoms with van der Waals surface area (Å²) in [5.74, 6) is 0.574. The molecule has 0 bridgehead atoms. The summed E-state index contributed by atoms with van der Waals surface area (Å²) in [5.41, 5.74) is 2.56. The Morgan fingerprint density at radius 3 is 2.69 bits per heavy atom. The van der Waals surface area contributed by atoms with Crippen molar-refractivity contribution in [2.45, 2.75) is 19.8 Å². The van der Waals surface area contributed by atoms with Gasteiger partial charge in [-0.15, -0.1) is 0 Å². The third kappa shape index (κ3) is 1.73. The van der Waals surface area contributed by atoms with Gasteiger partial charge in [-0.25, -0.2) is 0 Å². The van der Waals surface area contributed by atoms with Gasteiger partial charge in [0.2, 0.25) is 0 Å². The number of H-pyrrole nitrogens is 1. The number of nitrogens with one attached hydrogen (secondary N) is 1. The Bertz CT molecular complexity index is 429. The summed E-state index contributed by atoms with van der Waals surface area (Å²) < 4.78 is 1.29. The predicted molar refractivity (Wildman–Crippen MR) is 65.1 cm³/mol. The van der Waals surface area contributed by atoms with Gasteiger partial charge in [-0.05, 0) is 52.8 Å². The van der Waals surface area contributed by atoms with E-state index in [4.69, 9.17) is 0 Å². The first-order valence-electron chi connectivity index (χ1n) is 4.45. The van der Waals surface area contributed by atoms with E-state index in [0.29, 0.717) is 5.92 Å². The number of fused-ring (bicyclic) bond motifs is 1. The summed E-state index contributed by atoms with van der Waals surface area (Å²) >= 11 is 2.34. The smallest absolute Gasteiger partial charge is 0.0456 e. The quantitative estimate of drug-likeness (QED) is 0.765. The zero-order valence-electron chi connectivity index (χ0n) is 7.76. The first kappa shape index (κ1) is 9.06. The van der Waals surface area contributed by atoms with E-state index in [1.54, 1.807) is 0 Å². The van der Waals surface area contributed by atoms with Crippen LogP contribution in [0, 0.1) is 3.57 Å². The summed E-state index contributed by atoms with van der Waals surface area (Å²) in [5, 5.41) is 1.32. The molecule has 2 rings (SSSR count). The van der Waals surface area contributed by atoms with E-state index in [1.165, 1.54) is 20.2 Å². The molecule has 0 saturated heterocycles. The Morgan fingerprint density at radius 2 is 2.00 bits per heavy atom. The molecule has 0 unspecified atom stereocenters. The minimum atomic E-state index is 0.574. The van der Waals surface area contributed by atoms with E-state index >= 15 is 0 Å². The maximum atomic E-state index is 3.42. The van der Waals surface area contributed by atoms with Crippen molar-refractivity contribution in [3.05, 3.63) is 33.5 Å². The number of aromatic nitrogens is 1. The molecule has 1 N–H and O–H groups in total. The van der Waals surface area contributed by atoms with Gasteiger partial charge in [-0.2, -0.15) is 0 Å². The van der Waals surface area contributed by atoms with Gasteiger partial charge in [0.1, 0.15) is 0 Å². The highest BCUT2D eigenvalue weighted by Crippen LogP contribution is 2.22. The number of hydrogen-bond acceptors (Lipinski definition) is 0. The Morgan fingerprint density at radius 1 is 1.23 bits per heavy atom. The first-order valence-corrected chi connectivity index (χ1v) is 5.53. The molecule has 13 heavy (non-hydrogen) atoms. The van der Waals surface area contributed by atoms with E-state index < -0.39 is 0 Å². The van der Waals surface area contributed by atoms with Crippen LogP contribution in [0.5, 0.6) is 0 Å². The lowest BCUT2D eigenvalue weighted by atomic mass is 10.1. The third-order valence-electron chi connectivity index (χ3n) is 2.23. The molecule has 0 radical (unpaired) electrons. The molecular formula is C11H12IN. The van der Waals surface area contributed by atoms with Crippen LogP contribution >= 0.6 is 22.6 Å². The maximum absolute atomic E-state index is 3.42. The first-order chi connectivity index (χ1) is 6.16. The molecule has 1 nitrogen and oxygen atoms in total. The average Bonchev–Trinajstić information content (AvgIpc) is 2.46. The number of hydrogen-bond donors (Lipinski definition) is 1. The SMILES string of the molecule is CC(C)c1cc2cc(I)ccc2[nH]1. The summed E-state index contributed by atoms with van der Waals surface area (Å²) in [6, 6.07) is 8.72. The van der Waals surface area contributed by atoms with Gasteiger partial charge in [-0.1, -0.05) is 13.8 Å². The Balaban J connectivity index is 2.62. The molecule has 2 aromatic rings. The minimum Gasteiger partial charge on any atom is -0.358 e. The molecule has 0 aliphatic carbocycles. The molecule has 68 valence electrons. The van der Waals surface area contributed by atoms with Gasteiger partial charge in [0, 0.05) is 20.2 Å². The topological polar surface area (TPSA) is 15.8 Å². The number of benzene rings is 1. The molecule has 0 amide bonds. The third-order valence-corrected chi connectivity index (χ3v) is 2.90. The van der Waals surface area contributed by atoms with Crippen molar-refractivity contribution in [1.29, 1.82) is 0 Å². The fourth-order valence-electron chi connectivity index (χ4n) is 1.44. The van der Waals surface area contributed by atoms with Gasteiger partial charge in [0.25, 0.3) is 0 Å². The summed E-state index contributed by atoms with van der Waals surface area (Å²) in [4.78, 5) is 3.42. The molecule has 0 aliphatic rings. The van der Waals surface area contributed by atoms with Crippen LogP contribution in [0.2, 0.25) is 0 Å². The normalized spacial score (nSPS) is 11.4. The van der Waals surface area contributed by atoms with Gasteiger partial charge in [0.05, 0.1) is 0 Å². The van der Waals surface area contributed by atoms with Crippen LogP contribution in [-0.2, 0) is 0 Å². The molecule has 0 saturated carbocycles. The van der Waals surface area contributed by atoms with Crippen molar-refractivity contribution < 1.29 is 0 Å². The maximum Gasteiger partial charge on any atom is 0.0456 e.